The van der Waals surface area contributed by atoms with Gasteiger partial charge in [0.15, 0.2) is 0 Å². The number of nitrogens with zero attached hydrogens (tertiary/aromatic N) is 1. The second-order valence-corrected chi connectivity index (χ2v) is 8.11. The van der Waals surface area contributed by atoms with Crippen LogP contribution >= 0.6 is 11.6 Å². The highest BCUT2D eigenvalue weighted by Gasteiger charge is 2.16. The lowest BCUT2D eigenvalue weighted by molar-refractivity contribution is 0.588. The van der Waals surface area contributed by atoms with Gasteiger partial charge >= 0.3 is 0 Å². The summed E-state index contributed by atoms with van der Waals surface area (Å²) in [4.78, 5) is 3.68. The molecular weight excluding hydrogens is 350 g/mol. The van der Waals surface area contributed by atoms with Crippen molar-refractivity contribution in [2.24, 2.45) is 0 Å². The van der Waals surface area contributed by atoms with Crippen molar-refractivity contribution in [2.75, 3.05) is 11.8 Å². The number of nitrogens with one attached hydrogen (secondary N) is 2. The van der Waals surface area contributed by atoms with Crippen molar-refractivity contribution in [3.8, 4) is 0 Å². The molecular formula is C12H12ClN3O4S2. The Bertz CT molecular complexity index is 864. The van der Waals surface area contributed by atoms with Crippen LogP contribution in [0.25, 0.3) is 0 Å². The van der Waals surface area contributed by atoms with E-state index < -0.39 is 20.0 Å². The van der Waals surface area contributed by atoms with E-state index in [2.05, 4.69) is 14.4 Å². The number of aromatic nitrogens is 1. The molecule has 7 nitrogen and oxygen atoms in total. The number of pyridine rings is 1. The van der Waals surface area contributed by atoms with Crippen molar-refractivity contribution < 1.29 is 16.8 Å². The van der Waals surface area contributed by atoms with E-state index in [1.165, 1.54) is 43.4 Å². The molecule has 0 fully saturated rings. The van der Waals surface area contributed by atoms with Crippen LogP contribution < -0.4 is 9.44 Å². The number of anilines is 1. The zero-order valence-corrected chi connectivity index (χ0v) is 13.7. The molecule has 0 aliphatic heterocycles. The fourth-order valence-corrected chi connectivity index (χ4v) is 3.40. The van der Waals surface area contributed by atoms with Crippen LogP contribution in [0.4, 0.5) is 5.69 Å². The van der Waals surface area contributed by atoms with Crippen molar-refractivity contribution in [2.45, 2.75) is 9.79 Å². The SMILES string of the molecule is CNS(=O)(=O)c1ccc(NS(=O)(=O)c2ccc(Cl)nc2)cc1. The molecule has 0 saturated carbocycles. The van der Waals surface area contributed by atoms with Crippen molar-refractivity contribution in [1.82, 2.24) is 9.71 Å². The van der Waals surface area contributed by atoms with E-state index in [4.69, 9.17) is 11.6 Å². The molecule has 0 bridgehead atoms. The topological polar surface area (TPSA) is 105 Å². The van der Waals surface area contributed by atoms with Gasteiger partial charge in [-0.2, -0.15) is 0 Å². The predicted octanol–water partition coefficient (Wildman–Crippen LogP) is 1.44. The van der Waals surface area contributed by atoms with Crippen molar-refractivity contribution in [3.05, 3.63) is 47.7 Å². The third-order valence-electron chi connectivity index (χ3n) is 2.70. The maximum atomic E-state index is 12.1. The summed E-state index contributed by atoms with van der Waals surface area (Å²) in [6.45, 7) is 0. The van der Waals surface area contributed by atoms with Gasteiger partial charge in [0.1, 0.15) is 10.0 Å². The summed E-state index contributed by atoms with van der Waals surface area (Å²) in [5.74, 6) is 0. The molecule has 0 spiro atoms. The third kappa shape index (κ3) is 3.74. The van der Waals surface area contributed by atoms with Crippen LogP contribution in [-0.4, -0.2) is 28.9 Å². The molecule has 0 radical (unpaired) electrons. The largest absolute Gasteiger partial charge is 0.280 e. The zero-order valence-electron chi connectivity index (χ0n) is 11.3. The second kappa shape index (κ2) is 6.21. The van der Waals surface area contributed by atoms with Crippen molar-refractivity contribution >= 4 is 37.3 Å². The van der Waals surface area contributed by atoms with Crippen LogP contribution in [0.1, 0.15) is 0 Å². The smallest absolute Gasteiger partial charge is 0.263 e. The second-order valence-electron chi connectivity index (χ2n) is 4.15. The standard InChI is InChI=1S/C12H12ClN3O4S2/c1-14-21(17,18)10-4-2-9(3-5-10)16-22(19,20)11-6-7-12(13)15-8-11/h2-8,14,16H,1H3. The first kappa shape index (κ1) is 16.7. The summed E-state index contributed by atoms with van der Waals surface area (Å²) < 4.78 is 51.9. The maximum absolute atomic E-state index is 12.1. The van der Waals surface area contributed by atoms with Gasteiger partial charge in [-0.1, -0.05) is 11.6 Å². The fraction of sp³-hybridized carbons (Fsp3) is 0.0833. The lowest BCUT2D eigenvalue weighted by atomic mass is 10.3. The average Bonchev–Trinajstić information content (AvgIpc) is 2.48. The summed E-state index contributed by atoms with van der Waals surface area (Å²) in [7, 11) is -6.10. The number of sulfonamides is 2. The minimum Gasteiger partial charge on any atom is -0.280 e. The molecule has 0 amide bonds. The third-order valence-corrected chi connectivity index (χ3v) is 5.72. The Morgan fingerprint density at radius 2 is 1.50 bits per heavy atom. The van der Waals surface area contributed by atoms with Crippen molar-refractivity contribution in [1.29, 1.82) is 0 Å². The molecule has 22 heavy (non-hydrogen) atoms. The van der Waals surface area contributed by atoms with Crippen LogP contribution in [0.2, 0.25) is 5.15 Å². The Morgan fingerprint density at radius 1 is 0.909 bits per heavy atom. The van der Waals surface area contributed by atoms with Gasteiger partial charge in [0.25, 0.3) is 10.0 Å². The highest BCUT2D eigenvalue weighted by atomic mass is 35.5. The summed E-state index contributed by atoms with van der Waals surface area (Å²) in [6.07, 6.45) is 1.13. The van der Waals surface area contributed by atoms with Gasteiger partial charge in [0.2, 0.25) is 10.0 Å². The van der Waals surface area contributed by atoms with Gasteiger partial charge < -0.3 is 0 Å². The van der Waals surface area contributed by atoms with Gasteiger partial charge in [-0.15, -0.1) is 0 Å². The summed E-state index contributed by atoms with van der Waals surface area (Å²) in [6, 6.07) is 7.97. The lowest BCUT2D eigenvalue weighted by Crippen LogP contribution is -2.18. The molecule has 0 aliphatic rings. The number of halogens is 1. The molecule has 2 aromatic rings. The summed E-state index contributed by atoms with van der Waals surface area (Å²) >= 11 is 5.61. The van der Waals surface area contributed by atoms with E-state index in [0.717, 1.165) is 6.20 Å². The van der Waals surface area contributed by atoms with Crippen LogP contribution in [0.3, 0.4) is 0 Å². The molecule has 0 atom stereocenters. The van der Waals surface area contributed by atoms with Gasteiger partial charge in [0, 0.05) is 11.9 Å². The van der Waals surface area contributed by atoms with Crippen molar-refractivity contribution in [3.63, 3.8) is 0 Å². The van der Waals surface area contributed by atoms with Gasteiger partial charge in [-0.25, -0.2) is 26.5 Å². The van der Waals surface area contributed by atoms with E-state index in [1.54, 1.807) is 0 Å². The van der Waals surface area contributed by atoms with E-state index in [9.17, 15) is 16.8 Å². The Labute approximate surface area is 133 Å². The highest BCUT2D eigenvalue weighted by Crippen LogP contribution is 2.18. The Kier molecular flexibility index (Phi) is 4.71. The van der Waals surface area contributed by atoms with E-state index >= 15 is 0 Å². The Hall–Kier alpha value is -1.68. The van der Waals surface area contributed by atoms with Gasteiger partial charge in [0.05, 0.1) is 4.90 Å². The normalized spacial score (nSPS) is 12.1. The first-order valence-corrected chi connectivity index (χ1v) is 9.27. The Balaban J connectivity index is 2.25. The quantitative estimate of drug-likeness (QED) is 0.784. The van der Waals surface area contributed by atoms with Crippen LogP contribution in [0.5, 0.6) is 0 Å². The van der Waals surface area contributed by atoms with Gasteiger partial charge in [-0.3, -0.25) is 4.72 Å². The number of rotatable bonds is 5. The summed E-state index contributed by atoms with van der Waals surface area (Å²) in [5, 5.41) is 0.181. The van der Waals surface area contributed by atoms with E-state index in [0.29, 0.717) is 0 Å². The first-order chi connectivity index (χ1) is 10.2. The molecule has 1 aromatic heterocycles. The van der Waals surface area contributed by atoms with Crippen LogP contribution in [-0.2, 0) is 20.0 Å². The van der Waals surface area contributed by atoms with Crippen LogP contribution in [0.15, 0.2) is 52.4 Å². The lowest BCUT2D eigenvalue weighted by Gasteiger charge is -2.09. The molecule has 0 unspecified atom stereocenters. The molecule has 2 N–H and O–H groups in total. The number of hydrogen-bond acceptors (Lipinski definition) is 5. The van der Waals surface area contributed by atoms with E-state index in [-0.39, 0.29) is 20.6 Å². The predicted molar refractivity (Wildman–Crippen MR) is 82.7 cm³/mol. The molecule has 1 aromatic carbocycles. The highest BCUT2D eigenvalue weighted by molar-refractivity contribution is 7.92. The zero-order chi connectivity index (χ0) is 16.4. The summed E-state index contributed by atoms with van der Waals surface area (Å²) in [5.41, 5.74) is 0.227. The Morgan fingerprint density at radius 3 is 2.00 bits per heavy atom. The first-order valence-electron chi connectivity index (χ1n) is 5.92. The monoisotopic (exact) mass is 361 g/mol. The maximum Gasteiger partial charge on any atom is 0.263 e. The fourth-order valence-electron chi connectivity index (χ4n) is 1.56. The number of hydrogen-bond donors (Lipinski definition) is 2. The van der Waals surface area contributed by atoms with E-state index in [1.807, 2.05) is 0 Å². The van der Waals surface area contributed by atoms with Gasteiger partial charge in [-0.05, 0) is 43.4 Å². The van der Waals surface area contributed by atoms with Crippen LogP contribution in [0, 0.1) is 0 Å². The minimum atomic E-state index is -3.82. The molecule has 118 valence electrons. The molecule has 10 heteroatoms. The molecule has 1 heterocycles. The average molecular weight is 362 g/mol. The minimum absolute atomic E-state index is 0.0334. The molecule has 2 rings (SSSR count). The molecule has 0 aliphatic carbocycles. The molecule has 0 saturated heterocycles. The number of benzene rings is 1.